The van der Waals surface area contributed by atoms with Crippen LogP contribution >= 0.6 is 0 Å². The molecule has 2 aromatic carbocycles. The third kappa shape index (κ3) is 6.65. The summed E-state index contributed by atoms with van der Waals surface area (Å²) in [6.45, 7) is 3.88. The van der Waals surface area contributed by atoms with Gasteiger partial charge in [0.05, 0.1) is 11.0 Å². The van der Waals surface area contributed by atoms with Crippen LogP contribution in [0, 0.1) is 0 Å². The summed E-state index contributed by atoms with van der Waals surface area (Å²) in [5, 5.41) is 2.69. The Labute approximate surface area is 181 Å². The molecule has 0 spiro atoms. The van der Waals surface area contributed by atoms with Crippen molar-refractivity contribution in [1.82, 2.24) is 9.97 Å². The maximum absolute atomic E-state index is 12.4. The van der Waals surface area contributed by atoms with E-state index in [9.17, 15) is 13.2 Å². The summed E-state index contributed by atoms with van der Waals surface area (Å²) < 4.78 is 32.7. The van der Waals surface area contributed by atoms with Crippen LogP contribution in [0.2, 0.25) is 0 Å². The molecule has 3 rings (SSSR count). The molecule has 0 aliphatic heterocycles. The molecule has 3 aromatic rings. The van der Waals surface area contributed by atoms with Crippen LogP contribution in [0.15, 0.2) is 78.0 Å². The molecule has 0 saturated heterocycles. The second-order valence-corrected chi connectivity index (χ2v) is 8.45. The quantitative estimate of drug-likeness (QED) is 0.519. The number of ether oxygens (including phenoxy) is 1. The van der Waals surface area contributed by atoms with Gasteiger partial charge in [-0.05, 0) is 68.0 Å². The monoisotopic (exact) mass is 438 g/mol. The maximum Gasteiger partial charge on any atom is 0.264 e. The van der Waals surface area contributed by atoms with Gasteiger partial charge in [0.15, 0.2) is 0 Å². The number of carbonyl (C=O) groups is 1. The molecule has 0 atom stereocenters. The molecule has 160 valence electrons. The van der Waals surface area contributed by atoms with Crippen molar-refractivity contribution in [2.24, 2.45) is 0 Å². The number of anilines is 2. The third-order valence-corrected chi connectivity index (χ3v) is 5.22. The number of nitrogens with zero attached hydrogens (tertiary/aromatic N) is 2. The minimum Gasteiger partial charge on any atom is -0.491 e. The van der Waals surface area contributed by atoms with Crippen molar-refractivity contribution in [1.29, 1.82) is 0 Å². The fraction of sp³-hybridized carbons (Fsp3) is 0.136. The smallest absolute Gasteiger partial charge is 0.264 e. The SMILES string of the molecule is CC(C)Oc1cccc(/C=C/C(=O)Nc2ccc(S(=O)(=O)Nc3ncccn3)cc2)c1. The Morgan fingerprint density at radius 1 is 1.03 bits per heavy atom. The van der Waals surface area contributed by atoms with Crippen LogP contribution in [0.5, 0.6) is 5.75 Å². The maximum atomic E-state index is 12.4. The lowest BCUT2D eigenvalue weighted by atomic mass is 10.2. The molecule has 0 radical (unpaired) electrons. The van der Waals surface area contributed by atoms with Crippen molar-refractivity contribution in [3.05, 3.63) is 78.6 Å². The Bertz CT molecular complexity index is 1160. The molecule has 0 fully saturated rings. The molecule has 1 amide bonds. The van der Waals surface area contributed by atoms with Crippen molar-refractivity contribution < 1.29 is 17.9 Å². The zero-order valence-electron chi connectivity index (χ0n) is 17.0. The molecule has 0 saturated carbocycles. The van der Waals surface area contributed by atoms with Crippen LogP contribution in [0.25, 0.3) is 6.08 Å². The van der Waals surface area contributed by atoms with Gasteiger partial charge in [0, 0.05) is 24.2 Å². The highest BCUT2D eigenvalue weighted by Gasteiger charge is 2.15. The van der Waals surface area contributed by atoms with Crippen LogP contribution in [0.1, 0.15) is 19.4 Å². The van der Waals surface area contributed by atoms with E-state index in [1.807, 2.05) is 38.1 Å². The number of hydrogen-bond acceptors (Lipinski definition) is 6. The van der Waals surface area contributed by atoms with Crippen molar-refractivity contribution >= 4 is 33.6 Å². The first-order valence-corrected chi connectivity index (χ1v) is 11.0. The topological polar surface area (TPSA) is 110 Å². The van der Waals surface area contributed by atoms with Gasteiger partial charge in [-0.3, -0.25) is 4.79 Å². The predicted molar refractivity (Wildman–Crippen MR) is 119 cm³/mol. The van der Waals surface area contributed by atoms with Gasteiger partial charge in [-0.25, -0.2) is 23.1 Å². The van der Waals surface area contributed by atoms with E-state index in [4.69, 9.17) is 4.74 Å². The first-order valence-electron chi connectivity index (χ1n) is 9.47. The lowest BCUT2D eigenvalue weighted by Crippen LogP contribution is -2.15. The highest BCUT2D eigenvalue weighted by molar-refractivity contribution is 7.92. The Morgan fingerprint density at radius 2 is 1.74 bits per heavy atom. The van der Waals surface area contributed by atoms with Gasteiger partial charge in [0.25, 0.3) is 10.0 Å². The van der Waals surface area contributed by atoms with E-state index in [-0.39, 0.29) is 22.9 Å². The van der Waals surface area contributed by atoms with E-state index in [2.05, 4.69) is 20.0 Å². The molecule has 9 heteroatoms. The largest absolute Gasteiger partial charge is 0.491 e. The predicted octanol–water partition coefficient (Wildman–Crippen LogP) is 3.72. The minimum absolute atomic E-state index is 0.0205. The van der Waals surface area contributed by atoms with Crippen LogP contribution in [0.4, 0.5) is 11.6 Å². The third-order valence-electron chi connectivity index (χ3n) is 3.88. The van der Waals surface area contributed by atoms with Gasteiger partial charge in [-0.2, -0.15) is 0 Å². The highest BCUT2D eigenvalue weighted by Crippen LogP contribution is 2.18. The van der Waals surface area contributed by atoms with Crippen molar-refractivity contribution in [3.8, 4) is 5.75 Å². The van der Waals surface area contributed by atoms with Gasteiger partial charge < -0.3 is 10.1 Å². The average molecular weight is 439 g/mol. The highest BCUT2D eigenvalue weighted by atomic mass is 32.2. The molecule has 0 aliphatic rings. The summed E-state index contributed by atoms with van der Waals surface area (Å²) >= 11 is 0. The summed E-state index contributed by atoms with van der Waals surface area (Å²) in [5.41, 5.74) is 1.28. The first kappa shape index (κ1) is 22.0. The number of aromatic nitrogens is 2. The number of rotatable bonds is 8. The van der Waals surface area contributed by atoms with Crippen LogP contribution in [0.3, 0.4) is 0 Å². The Hall–Kier alpha value is -3.72. The van der Waals surface area contributed by atoms with Gasteiger partial charge in [-0.1, -0.05) is 12.1 Å². The van der Waals surface area contributed by atoms with E-state index in [1.165, 1.54) is 42.7 Å². The molecule has 8 nitrogen and oxygen atoms in total. The molecule has 0 aliphatic carbocycles. The molecule has 0 bridgehead atoms. The number of benzene rings is 2. The molecule has 2 N–H and O–H groups in total. The fourth-order valence-corrected chi connectivity index (χ4v) is 3.53. The number of sulfonamides is 1. The molecule has 0 unspecified atom stereocenters. The molecule has 31 heavy (non-hydrogen) atoms. The zero-order valence-corrected chi connectivity index (χ0v) is 17.8. The van der Waals surface area contributed by atoms with Gasteiger partial charge in [0.1, 0.15) is 5.75 Å². The fourth-order valence-electron chi connectivity index (χ4n) is 2.57. The van der Waals surface area contributed by atoms with Crippen molar-refractivity contribution in [3.63, 3.8) is 0 Å². The number of carbonyl (C=O) groups excluding carboxylic acids is 1. The van der Waals surface area contributed by atoms with Crippen LogP contribution in [-0.2, 0) is 14.8 Å². The van der Waals surface area contributed by atoms with E-state index >= 15 is 0 Å². The van der Waals surface area contributed by atoms with E-state index < -0.39 is 10.0 Å². The van der Waals surface area contributed by atoms with Gasteiger partial charge in [0.2, 0.25) is 11.9 Å². The Morgan fingerprint density at radius 3 is 2.42 bits per heavy atom. The first-order chi connectivity index (χ1) is 14.8. The number of amides is 1. The van der Waals surface area contributed by atoms with E-state index in [1.54, 1.807) is 12.1 Å². The molecule has 1 heterocycles. The summed E-state index contributed by atoms with van der Waals surface area (Å²) in [7, 11) is -3.83. The van der Waals surface area contributed by atoms with Crippen LogP contribution in [-0.4, -0.2) is 30.4 Å². The van der Waals surface area contributed by atoms with Crippen LogP contribution < -0.4 is 14.8 Å². The van der Waals surface area contributed by atoms with E-state index in [0.717, 1.165) is 11.3 Å². The Balaban J connectivity index is 1.62. The minimum atomic E-state index is -3.83. The second kappa shape index (κ2) is 9.86. The van der Waals surface area contributed by atoms with Gasteiger partial charge >= 0.3 is 0 Å². The normalized spacial score (nSPS) is 11.5. The summed E-state index contributed by atoms with van der Waals surface area (Å²) in [6.07, 6.45) is 6.00. The van der Waals surface area contributed by atoms with Crippen molar-refractivity contribution in [2.45, 2.75) is 24.8 Å². The zero-order chi connectivity index (χ0) is 22.3. The summed E-state index contributed by atoms with van der Waals surface area (Å²) in [6, 6.07) is 14.8. The Kier molecular flexibility index (Phi) is 6.99. The van der Waals surface area contributed by atoms with Crippen molar-refractivity contribution in [2.75, 3.05) is 10.0 Å². The standard InChI is InChI=1S/C22H22N4O4S/c1-16(2)30-19-6-3-5-17(15-19)7-12-21(27)25-18-8-10-20(11-9-18)31(28,29)26-22-23-13-4-14-24-22/h3-16H,1-2H3,(H,25,27)(H,23,24,26)/b12-7+. The second-order valence-electron chi connectivity index (χ2n) is 6.76. The molecular weight excluding hydrogens is 416 g/mol. The molecular formula is C22H22N4O4S. The van der Waals surface area contributed by atoms with Gasteiger partial charge in [-0.15, -0.1) is 0 Å². The number of hydrogen-bond donors (Lipinski definition) is 2. The number of nitrogens with one attached hydrogen (secondary N) is 2. The summed E-state index contributed by atoms with van der Waals surface area (Å²) in [4.78, 5) is 19.9. The van der Waals surface area contributed by atoms with E-state index in [0.29, 0.717) is 5.69 Å². The summed E-state index contributed by atoms with van der Waals surface area (Å²) in [5.74, 6) is 0.360. The molecule has 1 aromatic heterocycles. The average Bonchev–Trinajstić information content (AvgIpc) is 2.73. The lowest BCUT2D eigenvalue weighted by Gasteiger charge is -2.09. The lowest BCUT2D eigenvalue weighted by molar-refractivity contribution is -0.111.